The van der Waals surface area contributed by atoms with Gasteiger partial charge in [-0.2, -0.15) is 5.10 Å². The zero-order valence-electron chi connectivity index (χ0n) is 16.2. The first-order valence-electron chi connectivity index (χ1n) is 9.17. The molecule has 0 aliphatic carbocycles. The molecule has 6 nitrogen and oxygen atoms in total. The molecule has 0 aliphatic heterocycles. The van der Waals surface area contributed by atoms with Crippen LogP contribution in [0.25, 0.3) is 33.3 Å². The molecule has 0 bridgehead atoms. The minimum atomic E-state index is -0.0561. The molecule has 0 aliphatic rings. The minimum Gasteiger partial charge on any atom is -0.497 e. The van der Waals surface area contributed by atoms with Crippen LogP contribution in [0.1, 0.15) is 16.7 Å². The number of fused-ring (bicyclic) bond motifs is 3. The number of hydrogen-bond acceptors (Lipinski definition) is 5. The van der Waals surface area contributed by atoms with Gasteiger partial charge in [0, 0.05) is 11.1 Å². The topological polar surface area (TPSA) is 72.3 Å². The van der Waals surface area contributed by atoms with Crippen molar-refractivity contribution in [2.45, 2.75) is 13.8 Å². The van der Waals surface area contributed by atoms with E-state index < -0.39 is 0 Å². The van der Waals surface area contributed by atoms with Gasteiger partial charge in [0.2, 0.25) is 0 Å². The van der Waals surface area contributed by atoms with E-state index in [0.717, 1.165) is 44.7 Å². The third kappa shape index (κ3) is 2.82. The smallest absolute Gasteiger partial charge is 0.274 e. The van der Waals surface area contributed by atoms with E-state index in [0.29, 0.717) is 9.49 Å². The Morgan fingerprint density at radius 2 is 1.97 bits per heavy atom. The van der Waals surface area contributed by atoms with E-state index in [4.69, 9.17) is 9.72 Å². The summed E-state index contributed by atoms with van der Waals surface area (Å²) in [6, 6.07) is 11.8. The number of ether oxygens (including phenoxy) is 1. The summed E-state index contributed by atoms with van der Waals surface area (Å²) in [7, 11) is 1.64. The monoisotopic (exact) mass is 402 g/mol. The lowest BCUT2D eigenvalue weighted by atomic mass is 10.1. The highest BCUT2D eigenvalue weighted by molar-refractivity contribution is 7.15. The average Bonchev–Trinajstić information content (AvgIpc) is 3.39. The van der Waals surface area contributed by atoms with Crippen LogP contribution in [-0.4, -0.2) is 26.7 Å². The highest BCUT2D eigenvalue weighted by Gasteiger charge is 2.14. The third-order valence-electron chi connectivity index (χ3n) is 5.01. The summed E-state index contributed by atoms with van der Waals surface area (Å²) in [5.74, 6) is 0.789. The molecule has 5 aromatic rings. The fourth-order valence-electron chi connectivity index (χ4n) is 3.65. The molecule has 7 heteroatoms. The molecule has 0 fully saturated rings. The first-order chi connectivity index (χ1) is 14.0. The van der Waals surface area contributed by atoms with Crippen molar-refractivity contribution in [3.63, 3.8) is 0 Å². The van der Waals surface area contributed by atoms with Gasteiger partial charge in [0.25, 0.3) is 5.56 Å². The Morgan fingerprint density at radius 3 is 2.72 bits per heavy atom. The van der Waals surface area contributed by atoms with Gasteiger partial charge in [0.1, 0.15) is 5.75 Å². The molecular weight excluding hydrogens is 384 g/mol. The Hall–Kier alpha value is -3.45. The van der Waals surface area contributed by atoms with Crippen LogP contribution in [0, 0.1) is 13.8 Å². The summed E-state index contributed by atoms with van der Waals surface area (Å²) < 4.78 is 7.56. The summed E-state index contributed by atoms with van der Waals surface area (Å²) in [6.07, 6.45) is 3.60. The minimum absolute atomic E-state index is 0.0561. The summed E-state index contributed by atoms with van der Waals surface area (Å²) in [5.41, 5.74) is 6.57. The molecule has 0 amide bonds. The number of H-pyrrole nitrogens is 1. The van der Waals surface area contributed by atoms with Crippen LogP contribution in [0.4, 0.5) is 0 Å². The second kappa shape index (κ2) is 6.56. The number of aromatic amines is 1. The Kier molecular flexibility index (Phi) is 3.99. The van der Waals surface area contributed by atoms with Crippen molar-refractivity contribution in [3.8, 4) is 17.0 Å². The van der Waals surface area contributed by atoms with Crippen molar-refractivity contribution in [2.24, 2.45) is 0 Å². The predicted octanol–water partition coefficient (Wildman–Crippen LogP) is 3.47. The lowest BCUT2D eigenvalue weighted by Gasteiger charge is -2.02. The summed E-state index contributed by atoms with van der Waals surface area (Å²) in [5, 5.41) is 7.20. The molecule has 0 atom stereocenters. The summed E-state index contributed by atoms with van der Waals surface area (Å²) >= 11 is 1.39. The molecular formula is C22H18N4O2S. The highest BCUT2D eigenvalue weighted by atomic mass is 32.1. The number of aryl methyl sites for hydroxylation is 2. The number of nitrogens with zero attached hydrogens (tertiary/aromatic N) is 3. The van der Waals surface area contributed by atoms with Gasteiger partial charge in [-0.15, -0.1) is 0 Å². The van der Waals surface area contributed by atoms with Crippen molar-refractivity contribution in [1.29, 1.82) is 0 Å². The number of methoxy groups -OCH3 is 1. The van der Waals surface area contributed by atoms with Gasteiger partial charge in [0.05, 0.1) is 34.6 Å². The number of benzene rings is 2. The fourth-order valence-corrected chi connectivity index (χ4v) is 4.62. The molecule has 29 heavy (non-hydrogen) atoms. The summed E-state index contributed by atoms with van der Waals surface area (Å²) in [4.78, 5) is 18.5. The molecule has 1 N–H and O–H groups in total. The predicted molar refractivity (Wildman–Crippen MR) is 116 cm³/mol. The Labute approximate surface area is 170 Å². The van der Waals surface area contributed by atoms with Gasteiger partial charge >= 0.3 is 0 Å². The van der Waals surface area contributed by atoms with Crippen LogP contribution in [-0.2, 0) is 0 Å². The molecule has 144 valence electrons. The quantitative estimate of drug-likeness (QED) is 0.502. The second-order valence-corrected chi connectivity index (χ2v) is 8.03. The van der Waals surface area contributed by atoms with Crippen LogP contribution in [0.2, 0.25) is 0 Å². The Balaban J connectivity index is 1.68. The van der Waals surface area contributed by atoms with Crippen LogP contribution < -0.4 is 14.8 Å². The normalized spacial score (nSPS) is 12.3. The molecule has 3 heterocycles. The first-order valence-corrected chi connectivity index (χ1v) is 9.98. The Bertz CT molecular complexity index is 1480. The van der Waals surface area contributed by atoms with Crippen LogP contribution >= 0.6 is 11.3 Å². The maximum atomic E-state index is 13.1. The number of rotatable bonds is 3. The highest BCUT2D eigenvalue weighted by Crippen LogP contribution is 2.25. The molecule has 0 saturated heterocycles. The standard InChI is InChI=1S/C22H18N4O2S/c1-12-8-13(2)19-17(9-12)26-21(27)18(29-22(26)24-19)10-15-11-23-25-20(15)14-4-6-16(28-3)7-5-14/h4-11H,1-3H3,(H,23,25)/b18-10-. The SMILES string of the molecule is COc1ccc(-c2[nH]ncc2/C=c2\sc3nc4c(C)cc(C)cc4n3c2=O)cc1. The second-order valence-electron chi connectivity index (χ2n) is 7.02. The van der Waals surface area contributed by atoms with Gasteiger partial charge in [0.15, 0.2) is 4.96 Å². The van der Waals surface area contributed by atoms with E-state index in [2.05, 4.69) is 16.3 Å². The number of nitrogens with one attached hydrogen (secondary N) is 1. The van der Waals surface area contributed by atoms with Crippen molar-refractivity contribution in [2.75, 3.05) is 7.11 Å². The average molecular weight is 402 g/mol. The zero-order chi connectivity index (χ0) is 20.1. The molecule has 0 radical (unpaired) electrons. The van der Waals surface area contributed by atoms with Gasteiger partial charge in [-0.1, -0.05) is 17.4 Å². The van der Waals surface area contributed by atoms with Crippen molar-refractivity contribution in [1.82, 2.24) is 19.6 Å². The molecule has 0 saturated carbocycles. The van der Waals surface area contributed by atoms with E-state index >= 15 is 0 Å². The van der Waals surface area contributed by atoms with Crippen LogP contribution in [0.15, 0.2) is 47.4 Å². The molecule has 3 aromatic heterocycles. The van der Waals surface area contributed by atoms with Gasteiger partial charge in [-0.3, -0.25) is 9.89 Å². The van der Waals surface area contributed by atoms with Gasteiger partial charge in [-0.25, -0.2) is 9.38 Å². The third-order valence-corrected chi connectivity index (χ3v) is 5.98. The van der Waals surface area contributed by atoms with Crippen molar-refractivity contribution >= 4 is 33.4 Å². The zero-order valence-corrected chi connectivity index (χ0v) is 17.0. The van der Waals surface area contributed by atoms with E-state index in [-0.39, 0.29) is 5.56 Å². The molecule has 5 rings (SSSR count). The van der Waals surface area contributed by atoms with Crippen molar-refractivity contribution in [3.05, 3.63) is 74.2 Å². The molecule has 0 spiro atoms. The van der Waals surface area contributed by atoms with E-state index in [1.807, 2.05) is 50.3 Å². The molecule has 0 unspecified atom stereocenters. The fraction of sp³-hybridized carbons (Fsp3) is 0.136. The summed E-state index contributed by atoms with van der Waals surface area (Å²) in [6.45, 7) is 4.05. The number of thiazole rings is 1. The van der Waals surface area contributed by atoms with E-state index in [1.54, 1.807) is 17.7 Å². The number of hydrogen-bond donors (Lipinski definition) is 1. The number of imidazole rings is 1. The lowest BCUT2D eigenvalue weighted by molar-refractivity contribution is 0.415. The van der Waals surface area contributed by atoms with E-state index in [9.17, 15) is 4.79 Å². The first kappa shape index (κ1) is 17.6. The van der Waals surface area contributed by atoms with Gasteiger partial charge < -0.3 is 4.74 Å². The van der Waals surface area contributed by atoms with E-state index in [1.165, 1.54) is 11.3 Å². The van der Waals surface area contributed by atoms with Crippen molar-refractivity contribution < 1.29 is 4.74 Å². The Morgan fingerprint density at radius 1 is 1.17 bits per heavy atom. The van der Waals surface area contributed by atoms with Gasteiger partial charge in [-0.05, 0) is 61.4 Å². The maximum absolute atomic E-state index is 13.1. The maximum Gasteiger partial charge on any atom is 0.274 e. The number of aromatic nitrogens is 4. The largest absolute Gasteiger partial charge is 0.497 e. The molecule has 2 aromatic carbocycles. The lowest BCUT2D eigenvalue weighted by Crippen LogP contribution is -2.22. The van der Waals surface area contributed by atoms with Crippen LogP contribution in [0.5, 0.6) is 5.75 Å². The van der Waals surface area contributed by atoms with Crippen LogP contribution in [0.3, 0.4) is 0 Å².